The average Bonchev–Trinajstić information content (AvgIpc) is 2.71. The first-order valence-electron chi connectivity index (χ1n) is 12.3. The van der Waals surface area contributed by atoms with E-state index in [0.717, 1.165) is 25.3 Å². The van der Waals surface area contributed by atoms with Gasteiger partial charge in [0.25, 0.3) is 0 Å². The van der Waals surface area contributed by atoms with Gasteiger partial charge in [0.15, 0.2) is 0 Å². The van der Waals surface area contributed by atoms with Crippen molar-refractivity contribution in [3.63, 3.8) is 0 Å². The second kappa shape index (κ2) is 20.2. The lowest BCUT2D eigenvalue weighted by Gasteiger charge is -2.28. The molecule has 0 heterocycles. The molecule has 0 aromatic rings. The van der Waals surface area contributed by atoms with Crippen molar-refractivity contribution in [3.05, 3.63) is 12.2 Å². The van der Waals surface area contributed by atoms with Gasteiger partial charge in [-0.1, -0.05) is 70.8 Å². The van der Waals surface area contributed by atoms with Crippen LogP contribution in [0, 0.1) is 0 Å². The maximum Gasteiger partial charge on any atom is 0.500 e. The van der Waals surface area contributed by atoms with Crippen molar-refractivity contribution in [2.24, 2.45) is 0 Å². The van der Waals surface area contributed by atoms with Crippen LogP contribution in [0.25, 0.3) is 0 Å². The molecule has 0 saturated heterocycles. The second-order valence-electron chi connectivity index (χ2n) is 7.89. The van der Waals surface area contributed by atoms with Gasteiger partial charge in [0.1, 0.15) is 0 Å². The standard InChI is InChI=1S/C24H48O5Si/c1-6-27-30(28-7-2,29-8-3)22-20-18-16-14-12-10-9-11-13-15-17-19-21-26-24(25)23(4)5/h4,6-22H2,1-3,5H3. The van der Waals surface area contributed by atoms with Gasteiger partial charge in [-0.05, 0) is 40.5 Å². The Hall–Kier alpha value is -0.693. The van der Waals surface area contributed by atoms with Gasteiger partial charge >= 0.3 is 14.8 Å². The summed E-state index contributed by atoms with van der Waals surface area (Å²) in [6, 6.07) is 0.939. The number of ether oxygens (including phenoxy) is 1. The predicted molar refractivity (Wildman–Crippen MR) is 127 cm³/mol. The summed E-state index contributed by atoms with van der Waals surface area (Å²) in [7, 11) is -2.44. The minimum absolute atomic E-state index is 0.269. The van der Waals surface area contributed by atoms with Crippen LogP contribution in [0.5, 0.6) is 0 Å². The molecule has 0 rings (SSSR count). The molecule has 6 heteroatoms. The molecule has 0 unspecified atom stereocenters. The summed E-state index contributed by atoms with van der Waals surface area (Å²) < 4.78 is 22.8. The first kappa shape index (κ1) is 29.3. The van der Waals surface area contributed by atoms with Crippen LogP contribution in [0.1, 0.15) is 105 Å². The Morgan fingerprint density at radius 1 is 0.667 bits per heavy atom. The van der Waals surface area contributed by atoms with Gasteiger partial charge in [0.05, 0.1) is 6.61 Å². The SMILES string of the molecule is C=C(C)C(=O)OCCCCCCCCCCCCCC[Si](OCC)(OCC)OCC. The Balaban J connectivity index is 3.51. The quantitative estimate of drug-likeness (QED) is 0.0792. The molecular formula is C24H48O5Si. The number of unbranched alkanes of at least 4 members (excludes halogenated alkanes) is 11. The summed E-state index contributed by atoms with van der Waals surface area (Å²) in [5.74, 6) is -0.269. The zero-order chi connectivity index (χ0) is 22.5. The van der Waals surface area contributed by atoms with E-state index < -0.39 is 8.80 Å². The highest BCUT2D eigenvalue weighted by Crippen LogP contribution is 2.21. The minimum Gasteiger partial charge on any atom is -0.462 e. The molecule has 0 aliphatic carbocycles. The van der Waals surface area contributed by atoms with E-state index in [9.17, 15) is 4.79 Å². The van der Waals surface area contributed by atoms with Crippen molar-refractivity contribution >= 4 is 14.8 Å². The second-order valence-corrected chi connectivity index (χ2v) is 10.6. The number of rotatable bonds is 22. The lowest BCUT2D eigenvalue weighted by Crippen LogP contribution is -2.45. The molecule has 0 spiro atoms. The van der Waals surface area contributed by atoms with Gasteiger partial charge in [-0.15, -0.1) is 0 Å². The van der Waals surface area contributed by atoms with Crippen LogP contribution in [0.4, 0.5) is 0 Å². The summed E-state index contributed by atoms with van der Waals surface area (Å²) in [4.78, 5) is 11.2. The topological polar surface area (TPSA) is 54.0 Å². The summed E-state index contributed by atoms with van der Waals surface area (Å²) in [5, 5.41) is 0. The molecule has 0 bridgehead atoms. The van der Waals surface area contributed by atoms with E-state index in [4.69, 9.17) is 18.0 Å². The van der Waals surface area contributed by atoms with Crippen LogP contribution < -0.4 is 0 Å². The van der Waals surface area contributed by atoms with Crippen molar-refractivity contribution < 1.29 is 22.8 Å². The van der Waals surface area contributed by atoms with Gasteiger partial charge in [-0.3, -0.25) is 0 Å². The van der Waals surface area contributed by atoms with E-state index in [1.165, 1.54) is 57.8 Å². The van der Waals surface area contributed by atoms with Crippen molar-refractivity contribution in [2.45, 2.75) is 111 Å². The van der Waals surface area contributed by atoms with E-state index in [1.807, 2.05) is 20.8 Å². The molecule has 0 radical (unpaired) electrons. The van der Waals surface area contributed by atoms with E-state index >= 15 is 0 Å². The van der Waals surface area contributed by atoms with Crippen molar-refractivity contribution in [1.29, 1.82) is 0 Å². The van der Waals surface area contributed by atoms with Gasteiger partial charge in [-0.25, -0.2) is 4.79 Å². The highest BCUT2D eigenvalue weighted by atomic mass is 28.4. The predicted octanol–water partition coefficient (Wildman–Crippen LogP) is 6.84. The van der Waals surface area contributed by atoms with E-state index in [2.05, 4.69) is 6.58 Å². The third-order valence-electron chi connectivity index (χ3n) is 5.05. The zero-order valence-electron chi connectivity index (χ0n) is 20.3. The molecule has 0 aromatic heterocycles. The highest BCUT2D eigenvalue weighted by molar-refractivity contribution is 6.60. The summed E-state index contributed by atoms with van der Waals surface area (Å²) in [5.41, 5.74) is 0.478. The number of hydrogen-bond donors (Lipinski definition) is 0. The number of hydrogen-bond acceptors (Lipinski definition) is 5. The van der Waals surface area contributed by atoms with Crippen molar-refractivity contribution in [3.8, 4) is 0 Å². The summed E-state index contributed by atoms with van der Waals surface area (Å²) >= 11 is 0. The maximum absolute atomic E-state index is 11.2. The molecule has 0 amide bonds. The summed E-state index contributed by atoms with van der Waals surface area (Å²) in [6.07, 6.45) is 14.9. The Morgan fingerprint density at radius 2 is 1.03 bits per heavy atom. The normalized spacial score (nSPS) is 11.6. The monoisotopic (exact) mass is 444 g/mol. The third kappa shape index (κ3) is 16.1. The van der Waals surface area contributed by atoms with E-state index in [0.29, 0.717) is 32.0 Å². The minimum atomic E-state index is -2.44. The smallest absolute Gasteiger partial charge is 0.462 e. The average molecular weight is 445 g/mol. The third-order valence-corrected chi connectivity index (χ3v) is 8.20. The highest BCUT2D eigenvalue weighted by Gasteiger charge is 2.39. The molecule has 0 saturated carbocycles. The molecule has 0 N–H and O–H groups in total. The number of carbonyl (C=O) groups excluding carboxylic acids is 1. The molecule has 178 valence electrons. The van der Waals surface area contributed by atoms with Crippen LogP contribution in [0.2, 0.25) is 6.04 Å². The zero-order valence-corrected chi connectivity index (χ0v) is 21.3. The lowest BCUT2D eigenvalue weighted by molar-refractivity contribution is -0.139. The maximum atomic E-state index is 11.2. The van der Waals surface area contributed by atoms with Gasteiger partial charge in [0.2, 0.25) is 0 Å². The molecule has 30 heavy (non-hydrogen) atoms. The van der Waals surface area contributed by atoms with Gasteiger partial charge in [0, 0.05) is 31.4 Å². The van der Waals surface area contributed by atoms with E-state index in [-0.39, 0.29) is 5.97 Å². The van der Waals surface area contributed by atoms with Crippen LogP contribution >= 0.6 is 0 Å². The molecule has 5 nitrogen and oxygen atoms in total. The molecular weight excluding hydrogens is 396 g/mol. The van der Waals surface area contributed by atoms with Crippen LogP contribution in [-0.2, 0) is 22.8 Å². The fraction of sp³-hybridized carbons (Fsp3) is 0.875. The first-order chi connectivity index (χ1) is 14.5. The number of carbonyl (C=O) groups is 1. The Morgan fingerprint density at radius 3 is 1.40 bits per heavy atom. The summed E-state index contributed by atoms with van der Waals surface area (Å²) in [6.45, 7) is 13.8. The van der Waals surface area contributed by atoms with Crippen molar-refractivity contribution in [2.75, 3.05) is 26.4 Å². The number of esters is 1. The lowest BCUT2D eigenvalue weighted by atomic mass is 10.1. The molecule has 0 aliphatic rings. The van der Waals surface area contributed by atoms with Crippen molar-refractivity contribution in [1.82, 2.24) is 0 Å². The molecule has 0 fully saturated rings. The Kier molecular flexibility index (Phi) is 19.8. The van der Waals surface area contributed by atoms with Gasteiger partial charge in [-0.2, -0.15) is 0 Å². The largest absolute Gasteiger partial charge is 0.500 e. The molecule has 0 aliphatic heterocycles. The fourth-order valence-corrected chi connectivity index (χ4v) is 6.19. The molecule has 0 atom stereocenters. The Bertz CT molecular complexity index is 411. The van der Waals surface area contributed by atoms with Crippen LogP contribution in [0.15, 0.2) is 12.2 Å². The van der Waals surface area contributed by atoms with E-state index in [1.54, 1.807) is 6.92 Å². The van der Waals surface area contributed by atoms with Crippen LogP contribution in [-0.4, -0.2) is 41.2 Å². The van der Waals surface area contributed by atoms with Gasteiger partial charge < -0.3 is 18.0 Å². The fourth-order valence-electron chi connectivity index (χ4n) is 3.50. The Labute approximate surface area is 187 Å². The van der Waals surface area contributed by atoms with Crippen LogP contribution in [0.3, 0.4) is 0 Å². The molecule has 0 aromatic carbocycles. The first-order valence-corrected chi connectivity index (χ1v) is 14.2.